The van der Waals surface area contributed by atoms with E-state index in [0.717, 1.165) is 25.0 Å². The molecule has 0 aromatic heterocycles. The second-order valence-corrected chi connectivity index (χ2v) is 6.41. The third-order valence-corrected chi connectivity index (χ3v) is 5.16. The standard InChI is InChI=1S/C20H19NO/c1-15-12-18-13-20(14-21(18)19(15)22,16-8-4-2-5-9-16)17-10-6-3-7-11-17/h2-11,18H,1,12-14H2/t18-/m0/s1. The Balaban J connectivity index is 1.83. The van der Waals surface area contributed by atoms with E-state index < -0.39 is 0 Å². The Hall–Kier alpha value is -2.35. The molecule has 110 valence electrons. The molecule has 0 spiro atoms. The maximum atomic E-state index is 12.4. The number of fused-ring (bicyclic) bond motifs is 1. The van der Waals surface area contributed by atoms with Crippen LogP contribution < -0.4 is 0 Å². The monoisotopic (exact) mass is 289 g/mol. The van der Waals surface area contributed by atoms with Gasteiger partial charge in [-0.2, -0.15) is 0 Å². The lowest BCUT2D eigenvalue weighted by Crippen LogP contribution is -2.34. The minimum absolute atomic E-state index is 0.0937. The van der Waals surface area contributed by atoms with Crippen molar-refractivity contribution in [3.8, 4) is 0 Å². The van der Waals surface area contributed by atoms with E-state index in [9.17, 15) is 4.79 Å². The molecule has 22 heavy (non-hydrogen) atoms. The van der Waals surface area contributed by atoms with Gasteiger partial charge in [0.05, 0.1) is 0 Å². The lowest BCUT2D eigenvalue weighted by atomic mass is 9.72. The number of carbonyl (C=O) groups is 1. The summed E-state index contributed by atoms with van der Waals surface area (Å²) in [7, 11) is 0. The molecule has 1 amide bonds. The highest BCUT2D eigenvalue weighted by Crippen LogP contribution is 2.47. The number of amides is 1. The van der Waals surface area contributed by atoms with E-state index in [2.05, 4.69) is 55.1 Å². The maximum absolute atomic E-state index is 12.4. The van der Waals surface area contributed by atoms with Gasteiger partial charge >= 0.3 is 0 Å². The summed E-state index contributed by atoms with van der Waals surface area (Å²) >= 11 is 0. The van der Waals surface area contributed by atoms with Gasteiger partial charge in [0.25, 0.3) is 0 Å². The molecular weight excluding hydrogens is 270 g/mol. The fourth-order valence-electron chi connectivity index (χ4n) is 4.09. The number of benzene rings is 2. The van der Waals surface area contributed by atoms with Crippen LogP contribution in [0, 0.1) is 0 Å². The molecule has 0 aliphatic carbocycles. The van der Waals surface area contributed by atoms with Crippen LogP contribution in [0.1, 0.15) is 24.0 Å². The summed E-state index contributed by atoms with van der Waals surface area (Å²) in [4.78, 5) is 14.4. The van der Waals surface area contributed by atoms with Gasteiger partial charge in [-0.05, 0) is 24.0 Å². The smallest absolute Gasteiger partial charge is 0.249 e. The Labute approximate surface area is 131 Å². The predicted octanol–water partition coefficient (Wildman–Crippen LogP) is 3.53. The second kappa shape index (κ2) is 4.84. The molecule has 0 bridgehead atoms. The summed E-state index contributed by atoms with van der Waals surface area (Å²) in [6, 6.07) is 21.5. The second-order valence-electron chi connectivity index (χ2n) is 6.41. The number of carbonyl (C=O) groups excluding carboxylic acids is 1. The van der Waals surface area contributed by atoms with Crippen molar-refractivity contribution < 1.29 is 4.79 Å². The number of nitrogens with zero attached hydrogens (tertiary/aromatic N) is 1. The number of rotatable bonds is 2. The Morgan fingerprint density at radius 3 is 2.00 bits per heavy atom. The quantitative estimate of drug-likeness (QED) is 0.774. The Morgan fingerprint density at radius 2 is 1.50 bits per heavy atom. The van der Waals surface area contributed by atoms with Crippen LogP contribution in [0.5, 0.6) is 0 Å². The topological polar surface area (TPSA) is 20.3 Å². The van der Waals surface area contributed by atoms with Crippen LogP contribution >= 0.6 is 0 Å². The summed E-state index contributed by atoms with van der Waals surface area (Å²) in [5, 5.41) is 0. The predicted molar refractivity (Wildman–Crippen MR) is 87.5 cm³/mol. The first kappa shape index (κ1) is 13.3. The van der Waals surface area contributed by atoms with Crippen LogP contribution in [0.4, 0.5) is 0 Å². The van der Waals surface area contributed by atoms with E-state index in [1.54, 1.807) is 0 Å². The molecule has 2 aromatic rings. The van der Waals surface area contributed by atoms with Crippen molar-refractivity contribution >= 4 is 5.91 Å². The van der Waals surface area contributed by atoms with Crippen molar-refractivity contribution in [2.45, 2.75) is 24.3 Å². The van der Waals surface area contributed by atoms with E-state index in [0.29, 0.717) is 6.04 Å². The van der Waals surface area contributed by atoms with Crippen LogP contribution in [0.3, 0.4) is 0 Å². The average Bonchev–Trinajstić information content (AvgIpc) is 3.07. The third-order valence-electron chi connectivity index (χ3n) is 5.16. The fourth-order valence-corrected chi connectivity index (χ4v) is 4.09. The molecule has 2 aromatic carbocycles. The molecule has 4 rings (SSSR count). The Morgan fingerprint density at radius 1 is 0.955 bits per heavy atom. The first-order valence-electron chi connectivity index (χ1n) is 7.80. The molecule has 2 saturated heterocycles. The molecule has 2 heteroatoms. The summed E-state index contributed by atoms with van der Waals surface area (Å²) in [5.74, 6) is 0.138. The van der Waals surface area contributed by atoms with Crippen molar-refractivity contribution in [3.63, 3.8) is 0 Å². The Kier molecular flexibility index (Phi) is 2.93. The van der Waals surface area contributed by atoms with Gasteiger partial charge in [-0.3, -0.25) is 4.79 Å². The molecule has 2 fully saturated rings. The fraction of sp³-hybridized carbons (Fsp3) is 0.250. The van der Waals surface area contributed by atoms with Crippen LogP contribution in [0.2, 0.25) is 0 Å². The summed E-state index contributed by atoms with van der Waals surface area (Å²) in [5.41, 5.74) is 3.27. The van der Waals surface area contributed by atoms with Crippen molar-refractivity contribution in [1.29, 1.82) is 0 Å². The summed E-state index contributed by atoms with van der Waals surface area (Å²) in [6.07, 6.45) is 1.78. The molecule has 2 nitrogen and oxygen atoms in total. The molecule has 0 unspecified atom stereocenters. The van der Waals surface area contributed by atoms with Crippen molar-refractivity contribution in [2.24, 2.45) is 0 Å². The molecule has 0 radical (unpaired) electrons. The molecule has 0 saturated carbocycles. The highest BCUT2D eigenvalue weighted by atomic mass is 16.2. The zero-order valence-corrected chi connectivity index (χ0v) is 12.5. The van der Waals surface area contributed by atoms with E-state index in [1.807, 2.05) is 17.0 Å². The minimum atomic E-state index is -0.0937. The van der Waals surface area contributed by atoms with Gasteiger partial charge in [0.2, 0.25) is 5.91 Å². The zero-order chi connectivity index (χ0) is 15.2. The normalized spacial score (nSPS) is 22.9. The molecule has 1 atom stereocenters. The first-order valence-corrected chi connectivity index (χ1v) is 7.80. The van der Waals surface area contributed by atoms with Gasteiger partial charge in [0, 0.05) is 23.6 Å². The number of hydrogen-bond donors (Lipinski definition) is 0. The largest absolute Gasteiger partial charge is 0.334 e. The van der Waals surface area contributed by atoms with E-state index in [-0.39, 0.29) is 11.3 Å². The van der Waals surface area contributed by atoms with Gasteiger partial charge in [-0.1, -0.05) is 67.2 Å². The van der Waals surface area contributed by atoms with E-state index >= 15 is 0 Å². The molecular formula is C20H19NO. The van der Waals surface area contributed by atoms with Gasteiger partial charge in [0.15, 0.2) is 0 Å². The van der Waals surface area contributed by atoms with Crippen LogP contribution in [-0.4, -0.2) is 23.4 Å². The van der Waals surface area contributed by atoms with Crippen LogP contribution in [0.15, 0.2) is 72.8 Å². The highest BCUT2D eigenvalue weighted by molar-refractivity contribution is 5.96. The van der Waals surface area contributed by atoms with E-state index in [4.69, 9.17) is 0 Å². The van der Waals surface area contributed by atoms with Gasteiger partial charge < -0.3 is 4.90 Å². The van der Waals surface area contributed by atoms with Gasteiger partial charge in [0.1, 0.15) is 0 Å². The minimum Gasteiger partial charge on any atom is -0.334 e. The Bertz CT molecular complexity index is 680. The zero-order valence-electron chi connectivity index (χ0n) is 12.5. The molecule has 2 aliphatic rings. The first-order chi connectivity index (χ1) is 10.7. The highest BCUT2D eigenvalue weighted by Gasteiger charge is 2.51. The lowest BCUT2D eigenvalue weighted by molar-refractivity contribution is -0.125. The van der Waals surface area contributed by atoms with Crippen molar-refractivity contribution in [2.75, 3.05) is 6.54 Å². The number of hydrogen-bond acceptors (Lipinski definition) is 1. The summed E-state index contributed by atoms with van der Waals surface area (Å²) in [6.45, 7) is 4.67. The molecule has 0 N–H and O–H groups in total. The SMILES string of the molecule is C=C1C[C@H]2CC(c3ccccc3)(c3ccccc3)CN2C1=O. The molecule has 2 aliphatic heterocycles. The van der Waals surface area contributed by atoms with Gasteiger partial charge in [-0.15, -0.1) is 0 Å². The summed E-state index contributed by atoms with van der Waals surface area (Å²) < 4.78 is 0. The van der Waals surface area contributed by atoms with Crippen molar-refractivity contribution in [3.05, 3.63) is 83.9 Å². The lowest BCUT2D eigenvalue weighted by Gasteiger charge is -2.31. The molecule has 2 heterocycles. The van der Waals surface area contributed by atoms with Gasteiger partial charge in [-0.25, -0.2) is 0 Å². The average molecular weight is 289 g/mol. The maximum Gasteiger partial charge on any atom is 0.249 e. The van der Waals surface area contributed by atoms with Crippen molar-refractivity contribution in [1.82, 2.24) is 4.90 Å². The van der Waals surface area contributed by atoms with E-state index in [1.165, 1.54) is 11.1 Å². The van der Waals surface area contributed by atoms with Crippen LogP contribution in [0.25, 0.3) is 0 Å². The van der Waals surface area contributed by atoms with Crippen LogP contribution in [-0.2, 0) is 10.2 Å². The third kappa shape index (κ3) is 1.83.